The summed E-state index contributed by atoms with van der Waals surface area (Å²) in [5.41, 5.74) is 3.35. The van der Waals surface area contributed by atoms with Crippen molar-refractivity contribution in [3.8, 4) is 0 Å². The summed E-state index contributed by atoms with van der Waals surface area (Å²) in [5.74, 6) is 6.49. The first kappa shape index (κ1) is 14.3. The number of rotatable bonds is 6. The maximum absolute atomic E-state index is 5.93. The number of hydrazine groups is 1. The number of hydrogen-bond acceptors (Lipinski definition) is 4. The molecule has 18 heavy (non-hydrogen) atoms. The van der Waals surface area contributed by atoms with Gasteiger partial charge in [0.2, 0.25) is 0 Å². The van der Waals surface area contributed by atoms with Crippen molar-refractivity contribution in [1.82, 2.24) is 10.3 Å². The summed E-state index contributed by atoms with van der Waals surface area (Å²) in [6, 6.07) is 0.355. The van der Waals surface area contributed by atoms with Crippen LogP contribution in [0.25, 0.3) is 0 Å². The highest BCUT2D eigenvalue weighted by molar-refractivity contribution is 5.02. The van der Waals surface area contributed by atoms with E-state index in [1.807, 2.05) is 0 Å². The fourth-order valence-electron chi connectivity index (χ4n) is 4.04. The van der Waals surface area contributed by atoms with Crippen LogP contribution in [-0.4, -0.2) is 42.8 Å². The Morgan fingerprint density at radius 1 is 1.33 bits per heavy atom. The van der Waals surface area contributed by atoms with E-state index < -0.39 is 0 Å². The van der Waals surface area contributed by atoms with Gasteiger partial charge in [0.1, 0.15) is 0 Å². The van der Waals surface area contributed by atoms with Crippen LogP contribution in [-0.2, 0) is 4.74 Å². The van der Waals surface area contributed by atoms with Crippen LogP contribution in [0, 0.1) is 5.92 Å². The zero-order valence-corrected chi connectivity index (χ0v) is 12.0. The molecule has 4 heteroatoms. The molecule has 0 saturated carbocycles. The first-order chi connectivity index (χ1) is 8.78. The summed E-state index contributed by atoms with van der Waals surface area (Å²) in [7, 11) is 0. The Kier molecular flexibility index (Phi) is 5.01. The van der Waals surface area contributed by atoms with E-state index in [1.54, 1.807) is 0 Å². The van der Waals surface area contributed by atoms with Crippen LogP contribution < -0.4 is 11.3 Å². The first-order valence-corrected chi connectivity index (χ1v) is 7.57. The zero-order valence-electron chi connectivity index (χ0n) is 12.0. The molecular weight excluding hydrogens is 226 g/mol. The van der Waals surface area contributed by atoms with Crippen LogP contribution >= 0.6 is 0 Å². The van der Waals surface area contributed by atoms with Gasteiger partial charge < -0.3 is 4.74 Å². The van der Waals surface area contributed by atoms with Crippen molar-refractivity contribution >= 4 is 0 Å². The van der Waals surface area contributed by atoms with Gasteiger partial charge in [0.25, 0.3) is 0 Å². The molecule has 2 atom stereocenters. The molecule has 2 unspecified atom stereocenters. The average molecular weight is 255 g/mol. The second-order valence-corrected chi connectivity index (χ2v) is 5.77. The van der Waals surface area contributed by atoms with E-state index in [1.165, 1.54) is 25.9 Å². The summed E-state index contributed by atoms with van der Waals surface area (Å²) in [6.07, 6.45) is 6.13. The quantitative estimate of drug-likeness (QED) is 0.558. The van der Waals surface area contributed by atoms with Crippen LogP contribution in [0.15, 0.2) is 0 Å². The van der Waals surface area contributed by atoms with Gasteiger partial charge in [-0.05, 0) is 45.2 Å². The number of nitrogens with zero attached hydrogens (tertiary/aromatic N) is 1. The molecule has 106 valence electrons. The van der Waals surface area contributed by atoms with E-state index in [2.05, 4.69) is 24.2 Å². The summed E-state index contributed by atoms with van der Waals surface area (Å²) >= 11 is 0. The van der Waals surface area contributed by atoms with Gasteiger partial charge in [-0.3, -0.25) is 16.2 Å². The molecule has 4 nitrogen and oxygen atoms in total. The molecule has 2 aliphatic heterocycles. The van der Waals surface area contributed by atoms with Crippen molar-refractivity contribution in [3.05, 3.63) is 0 Å². The normalized spacial score (nSPS) is 27.8. The molecule has 2 saturated heterocycles. The minimum absolute atomic E-state index is 0.212. The second-order valence-electron chi connectivity index (χ2n) is 5.77. The lowest BCUT2D eigenvalue weighted by molar-refractivity contribution is 0.0337. The highest BCUT2D eigenvalue weighted by atomic mass is 16.5. The van der Waals surface area contributed by atoms with Gasteiger partial charge in [-0.25, -0.2) is 0 Å². The molecule has 0 aromatic carbocycles. The molecular formula is C14H29N3O. The number of hydrogen-bond donors (Lipinski definition) is 2. The lowest BCUT2D eigenvalue weighted by Gasteiger charge is -2.48. The van der Waals surface area contributed by atoms with Crippen molar-refractivity contribution in [2.45, 2.75) is 57.5 Å². The van der Waals surface area contributed by atoms with E-state index in [9.17, 15) is 0 Å². The van der Waals surface area contributed by atoms with Gasteiger partial charge in [-0.1, -0.05) is 13.8 Å². The Bertz CT molecular complexity index is 243. The second kappa shape index (κ2) is 6.33. The Morgan fingerprint density at radius 3 is 2.44 bits per heavy atom. The molecule has 0 aromatic rings. The molecule has 3 N–H and O–H groups in total. The molecule has 2 rings (SSSR count). The SMILES string of the molecule is CCC(CC)(C(NN)C1CCOC1)N1CCCC1. The molecule has 0 radical (unpaired) electrons. The van der Waals surface area contributed by atoms with Gasteiger partial charge >= 0.3 is 0 Å². The molecule has 0 amide bonds. The van der Waals surface area contributed by atoms with Crippen LogP contribution in [0.2, 0.25) is 0 Å². The van der Waals surface area contributed by atoms with Crippen molar-refractivity contribution in [2.24, 2.45) is 11.8 Å². The Hall–Kier alpha value is -0.160. The third kappa shape index (κ3) is 2.44. The number of nitrogens with one attached hydrogen (secondary N) is 1. The third-order valence-corrected chi connectivity index (χ3v) is 5.16. The lowest BCUT2D eigenvalue weighted by Crippen LogP contribution is -2.64. The van der Waals surface area contributed by atoms with Gasteiger partial charge in [0.05, 0.1) is 6.61 Å². The van der Waals surface area contributed by atoms with Crippen molar-refractivity contribution in [1.29, 1.82) is 0 Å². The fraction of sp³-hybridized carbons (Fsp3) is 1.00. The summed E-state index contributed by atoms with van der Waals surface area (Å²) in [4.78, 5) is 2.68. The first-order valence-electron chi connectivity index (χ1n) is 7.57. The van der Waals surface area contributed by atoms with Crippen LogP contribution in [0.5, 0.6) is 0 Å². The van der Waals surface area contributed by atoms with Crippen molar-refractivity contribution in [2.75, 3.05) is 26.3 Å². The molecule has 0 spiro atoms. The highest BCUT2D eigenvalue weighted by Gasteiger charge is 2.45. The molecule has 0 bridgehead atoms. The van der Waals surface area contributed by atoms with E-state index in [0.717, 1.165) is 32.5 Å². The number of ether oxygens (including phenoxy) is 1. The standard InChI is InChI=1S/C14H29N3O/c1-3-14(4-2,17-8-5-6-9-17)13(16-15)12-7-10-18-11-12/h12-13,16H,3-11,15H2,1-2H3. The predicted molar refractivity (Wildman–Crippen MR) is 74.2 cm³/mol. The van der Waals surface area contributed by atoms with Gasteiger partial charge in [-0.2, -0.15) is 0 Å². The Balaban J connectivity index is 2.19. The minimum atomic E-state index is 0.212. The van der Waals surface area contributed by atoms with Crippen LogP contribution in [0.1, 0.15) is 46.0 Å². The Morgan fingerprint density at radius 2 is 2.00 bits per heavy atom. The summed E-state index contributed by atoms with van der Waals surface area (Å²) in [6.45, 7) is 8.83. The largest absolute Gasteiger partial charge is 0.381 e. The minimum Gasteiger partial charge on any atom is -0.381 e. The molecule has 0 aliphatic carbocycles. The molecule has 0 aromatic heterocycles. The maximum atomic E-state index is 5.93. The predicted octanol–water partition coefficient (Wildman–Crippen LogP) is 1.51. The molecule has 2 fully saturated rings. The van der Waals surface area contributed by atoms with Gasteiger partial charge in [-0.15, -0.1) is 0 Å². The topological polar surface area (TPSA) is 50.5 Å². The van der Waals surface area contributed by atoms with Crippen LogP contribution in [0.4, 0.5) is 0 Å². The zero-order chi connectivity index (χ0) is 13.0. The number of nitrogens with two attached hydrogens (primary N) is 1. The third-order valence-electron chi connectivity index (χ3n) is 5.16. The van der Waals surface area contributed by atoms with Gasteiger partial charge in [0.15, 0.2) is 0 Å². The highest BCUT2D eigenvalue weighted by Crippen LogP contribution is 2.36. The lowest BCUT2D eigenvalue weighted by atomic mass is 9.76. The van der Waals surface area contributed by atoms with Crippen molar-refractivity contribution < 1.29 is 4.74 Å². The smallest absolute Gasteiger partial charge is 0.0511 e. The van der Waals surface area contributed by atoms with E-state index >= 15 is 0 Å². The van der Waals surface area contributed by atoms with E-state index in [-0.39, 0.29) is 5.54 Å². The monoisotopic (exact) mass is 255 g/mol. The fourth-order valence-corrected chi connectivity index (χ4v) is 4.04. The van der Waals surface area contributed by atoms with Crippen molar-refractivity contribution in [3.63, 3.8) is 0 Å². The average Bonchev–Trinajstić information content (AvgIpc) is 3.08. The maximum Gasteiger partial charge on any atom is 0.0511 e. The summed E-state index contributed by atoms with van der Waals surface area (Å²) < 4.78 is 5.57. The van der Waals surface area contributed by atoms with Crippen LogP contribution in [0.3, 0.4) is 0 Å². The van der Waals surface area contributed by atoms with Gasteiger partial charge in [0, 0.05) is 24.1 Å². The number of likely N-dealkylation sites (tertiary alicyclic amines) is 1. The summed E-state index contributed by atoms with van der Waals surface area (Å²) in [5, 5.41) is 0. The van der Waals surface area contributed by atoms with E-state index in [0.29, 0.717) is 12.0 Å². The molecule has 2 aliphatic rings. The van der Waals surface area contributed by atoms with E-state index in [4.69, 9.17) is 10.6 Å². The Labute approximate surface area is 111 Å². The molecule has 2 heterocycles.